The molecule has 3 heteroatoms. The van der Waals surface area contributed by atoms with Crippen LogP contribution in [-0.4, -0.2) is 13.3 Å². The van der Waals surface area contributed by atoms with E-state index in [9.17, 15) is 0 Å². The van der Waals surface area contributed by atoms with Crippen molar-refractivity contribution in [2.75, 3.05) is 7.11 Å². The van der Waals surface area contributed by atoms with Crippen LogP contribution in [0.3, 0.4) is 0 Å². The third kappa shape index (κ3) is 3.95. The Labute approximate surface area is 83.2 Å². The van der Waals surface area contributed by atoms with Gasteiger partial charge in [0.05, 0.1) is 0 Å². The standard InChI is InChI=1S/C10H12ClNO/c1-13-12-8-2-3-9-4-6-10(11)7-5-9/h4-8H,2-3H2,1H3/b12-8+. The third-order valence-electron chi connectivity index (χ3n) is 1.66. The number of halogens is 1. The molecule has 0 amide bonds. The van der Waals surface area contributed by atoms with E-state index in [1.54, 1.807) is 13.3 Å². The van der Waals surface area contributed by atoms with E-state index < -0.39 is 0 Å². The van der Waals surface area contributed by atoms with Gasteiger partial charge in [0.2, 0.25) is 0 Å². The molecule has 1 aromatic rings. The lowest BCUT2D eigenvalue weighted by Crippen LogP contribution is -1.85. The summed E-state index contributed by atoms with van der Waals surface area (Å²) in [5.41, 5.74) is 1.26. The Morgan fingerprint density at radius 1 is 1.38 bits per heavy atom. The second kappa shape index (κ2) is 5.60. The Balaban J connectivity index is 2.37. The van der Waals surface area contributed by atoms with Gasteiger partial charge in [0.25, 0.3) is 0 Å². The first kappa shape index (κ1) is 10.1. The molecule has 70 valence electrons. The van der Waals surface area contributed by atoms with Crippen molar-refractivity contribution < 1.29 is 4.84 Å². The Kier molecular flexibility index (Phi) is 4.33. The zero-order valence-electron chi connectivity index (χ0n) is 7.53. The average Bonchev–Trinajstić information content (AvgIpc) is 2.15. The van der Waals surface area contributed by atoms with E-state index in [4.69, 9.17) is 11.6 Å². The van der Waals surface area contributed by atoms with Gasteiger partial charge < -0.3 is 4.84 Å². The molecule has 0 aliphatic heterocycles. The predicted molar refractivity (Wildman–Crippen MR) is 55.3 cm³/mol. The van der Waals surface area contributed by atoms with Crippen LogP contribution in [0.5, 0.6) is 0 Å². The molecule has 0 radical (unpaired) electrons. The van der Waals surface area contributed by atoms with Crippen LogP contribution in [-0.2, 0) is 11.3 Å². The number of benzene rings is 1. The van der Waals surface area contributed by atoms with Crippen molar-refractivity contribution in [2.24, 2.45) is 5.16 Å². The third-order valence-corrected chi connectivity index (χ3v) is 1.91. The quantitative estimate of drug-likeness (QED) is 0.537. The van der Waals surface area contributed by atoms with Crippen LogP contribution in [0, 0.1) is 0 Å². The van der Waals surface area contributed by atoms with Gasteiger partial charge in [-0.1, -0.05) is 28.9 Å². The first-order chi connectivity index (χ1) is 6.33. The van der Waals surface area contributed by atoms with E-state index in [1.807, 2.05) is 24.3 Å². The zero-order chi connectivity index (χ0) is 9.52. The Morgan fingerprint density at radius 3 is 2.69 bits per heavy atom. The summed E-state index contributed by atoms with van der Waals surface area (Å²) in [5, 5.41) is 4.43. The Morgan fingerprint density at radius 2 is 2.08 bits per heavy atom. The lowest BCUT2D eigenvalue weighted by Gasteiger charge is -1.97. The number of nitrogens with zero attached hydrogens (tertiary/aromatic N) is 1. The van der Waals surface area contributed by atoms with Crippen molar-refractivity contribution in [1.82, 2.24) is 0 Å². The molecule has 0 atom stereocenters. The molecule has 0 spiro atoms. The van der Waals surface area contributed by atoms with Crippen molar-refractivity contribution in [3.63, 3.8) is 0 Å². The smallest absolute Gasteiger partial charge is 0.106 e. The fourth-order valence-corrected chi connectivity index (χ4v) is 1.14. The van der Waals surface area contributed by atoms with Gasteiger partial charge in [-0.15, -0.1) is 0 Å². The molecule has 0 aliphatic rings. The summed E-state index contributed by atoms with van der Waals surface area (Å²) in [4.78, 5) is 4.55. The molecule has 0 unspecified atom stereocenters. The van der Waals surface area contributed by atoms with Crippen LogP contribution in [0.25, 0.3) is 0 Å². The number of aryl methyl sites for hydroxylation is 1. The average molecular weight is 198 g/mol. The Bertz CT molecular complexity index is 269. The highest BCUT2D eigenvalue weighted by atomic mass is 35.5. The van der Waals surface area contributed by atoms with Gasteiger partial charge in [-0.25, -0.2) is 0 Å². The van der Waals surface area contributed by atoms with Crippen molar-refractivity contribution >= 4 is 17.8 Å². The summed E-state index contributed by atoms with van der Waals surface area (Å²) in [6.07, 6.45) is 3.61. The van der Waals surface area contributed by atoms with Crippen LogP contribution >= 0.6 is 11.6 Å². The van der Waals surface area contributed by atoms with Crippen molar-refractivity contribution in [3.8, 4) is 0 Å². The van der Waals surface area contributed by atoms with E-state index in [-0.39, 0.29) is 0 Å². The topological polar surface area (TPSA) is 21.6 Å². The summed E-state index contributed by atoms with van der Waals surface area (Å²) in [6, 6.07) is 7.82. The summed E-state index contributed by atoms with van der Waals surface area (Å²) in [7, 11) is 1.54. The SMILES string of the molecule is CO/N=C/CCc1ccc(Cl)cc1. The van der Waals surface area contributed by atoms with E-state index in [0.717, 1.165) is 17.9 Å². The molecule has 0 saturated heterocycles. The summed E-state index contributed by atoms with van der Waals surface area (Å²) in [5.74, 6) is 0. The maximum Gasteiger partial charge on any atom is 0.106 e. The molecule has 0 N–H and O–H groups in total. The monoisotopic (exact) mass is 197 g/mol. The molecule has 1 aromatic carbocycles. The van der Waals surface area contributed by atoms with E-state index in [2.05, 4.69) is 9.99 Å². The predicted octanol–water partition coefficient (Wildman–Crippen LogP) is 2.90. The second-order valence-electron chi connectivity index (χ2n) is 2.64. The van der Waals surface area contributed by atoms with Crippen LogP contribution in [0.2, 0.25) is 5.02 Å². The van der Waals surface area contributed by atoms with Crippen LogP contribution in [0.4, 0.5) is 0 Å². The van der Waals surface area contributed by atoms with Gasteiger partial charge in [0.15, 0.2) is 0 Å². The van der Waals surface area contributed by atoms with Crippen LogP contribution in [0.1, 0.15) is 12.0 Å². The largest absolute Gasteiger partial charge is 0.399 e. The number of rotatable bonds is 4. The molecule has 0 bridgehead atoms. The molecule has 2 nitrogen and oxygen atoms in total. The molecular formula is C10H12ClNO. The lowest BCUT2D eigenvalue weighted by molar-refractivity contribution is 0.214. The summed E-state index contributed by atoms with van der Waals surface area (Å²) < 4.78 is 0. The number of oxime groups is 1. The highest BCUT2D eigenvalue weighted by Crippen LogP contribution is 2.10. The van der Waals surface area contributed by atoms with Gasteiger partial charge in [0.1, 0.15) is 7.11 Å². The van der Waals surface area contributed by atoms with Gasteiger partial charge in [-0.05, 0) is 30.5 Å². The van der Waals surface area contributed by atoms with Crippen LogP contribution in [0.15, 0.2) is 29.4 Å². The van der Waals surface area contributed by atoms with Gasteiger partial charge in [0, 0.05) is 11.2 Å². The molecule has 0 saturated carbocycles. The molecule has 0 fully saturated rings. The highest BCUT2D eigenvalue weighted by molar-refractivity contribution is 6.30. The van der Waals surface area contributed by atoms with Crippen molar-refractivity contribution in [3.05, 3.63) is 34.9 Å². The minimum Gasteiger partial charge on any atom is -0.399 e. The van der Waals surface area contributed by atoms with E-state index in [0.29, 0.717) is 0 Å². The first-order valence-electron chi connectivity index (χ1n) is 4.12. The zero-order valence-corrected chi connectivity index (χ0v) is 8.29. The maximum absolute atomic E-state index is 5.75. The molecule has 0 heterocycles. The summed E-state index contributed by atoms with van der Waals surface area (Å²) >= 11 is 5.75. The minimum absolute atomic E-state index is 0.773. The fraction of sp³-hybridized carbons (Fsp3) is 0.300. The molecule has 13 heavy (non-hydrogen) atoms. The van der Waals surface area contributed by atoms with Crippen molar-refractivity contribution in [2.45, 2.75) is 12.8 Å². The van der Waals surface area contributed by atoms with E-state index in [1.165, 1.54) is 5.56 Å². The number of hydrogen-bond acceptors (Lipinski definition) is 2. The van der Waals surface area contributed by atoms with Gasteiger partial charge in [-0.3, -0.25) is 0 Å². The normalized spacial score (nSPS) is 10.6. The number of hydrogen-bond donors (Lipinski definition) is 0. The first-order valence-corrected chi connectivity index (χ1v) is 4.50. The fourth-order valence-electron chi connectivity index (χ4n) is 1.01. The lowest BCUT2D eigenvalue weighted by atomic mass is 10.1. The molecular weight excluding hydrogens is 186 g/mol. The van der Waals surface area contributed by atoms with Gasteiger partial charge >= 0.3 is 0 Å². The summed E-state index contributed by atoms with van der Waals surface area (Å²) in [6.45, 7) is 0. The minimum atomic E-state index is 0.773. The molecule has 0 aliphatic carbocycles. The molecule has 1 rings (SSSR count). The Hall–Kier alpha value is -1.02. The van der Waals surface area contributed by atoms with Crippen molar-refractivity contribution in [1.29, 1.82) is 0 Å². The van der Waals surface area contributed by atoms with E-state index >= 15 is 0 Å². The van der Waals surface area contributed by atoms with Gasteiger partial charge in [-0.2, -0.15) is 0 Å². The molecule has 0 aromatic heterocycles. The maximum atomic E-state index is 5.75. The highest BCUT2D eigenvalue weighted by Gasteiger charge is 1.91. The second-order valence-corrected chi connectivity index (χ2v) is 3.07. The van der Waals surface area contributed by atoms with Crippen LogP contribution < -0.4 is 0 Å².